The minimum Gasteiger partial charge on any atom is -0.493 e. The number of hydrogen-bond acceptors (Lipinski definition) is 6. The zero-order valence-electron chi connectivity index (χ0n) is 17.3. The molecule has 0 saturated heterocycles. The molecule has 0 N–H and O–H groups in total. The number of para-hydroxylation sites is 1. The molecule has 0 atom stereocenters. The lowest BCUT2D eigenvalue weighted by atomic mass is 10.2. The lowest BCUT2D eigenvalue weighted by Crippen LogP contribution is -2.20. The molecule has 0 saturated carbocycles. The highest BCUT2D eigenvalue weighted by molar-refractivity contribution is 9.13. The molecule has 3 aromatic carbocycles. The summed E-state index contributed by atoms with van der Waals surface area (Å²) in [6.45, 7) is -0.132. The van der Waals surface area contributed by atoms with Crippen LogP contribution in [0.4, 0.5) is 0 Å². The summed E-state index contributed by atoms with van der Waals surface area (Å²) in [5, 5.41) is 13.8. The van der Waals surface area contributed by atoms with Gasteiger partial charge in [-0.2, -0.15) is 15.0 Å². The molecule has 33 heavy (non-hydrogen) atoms. The Morgan fingerprint density at radius 2 is 1.85 bits per heavy atom. The molecule has 0 aliphatic heterocycles. The normalized spacial score (nSPS) is 11.0. The second kappa shape index (κ2) is 9.98. The molecule has 4 rings (SSSR count). The Morgan fingerprint density at radius 3 is 2.58 bits per heavy atom. The van der Waals surface area contributed by atoms with Crippen LogP contribution in [0.3, 0.4) is 0 Å². The summed E-state index contributed by atoms with van der Waals surface area (Å²) in [5.41, 5.74) is 1.70. The molecule has 1 heterocycles. The monoisotopic (exact) mass is 566 g/mol. The van der Waals surface area contributed by atoms with Crippen LogP contribution in [0.25, 0.3) is 22.3 Å². The van der Waals surface area contributed by atoms with Gasteiger partial charge in [-0.05, 0) is 50.1 Å². The Bertz CT molecular complexity index is 1460. The summed E-state index contributed by atoms with van der Waals surface area (Å²) in [6.07, 6.45) is 1.54. The van der Waals surface area contributed by atoms with Crippen LogP contribution < -0.4 is 15.0 Å². The summed E-state index contributed by atoms with van der Waals surface area (Å²) in [4.78, 5) is 18.0. The fourth-order valence-corrected chi connectivity index (χ4v) is 4.15. The first kappa shape index (κ1) is 22.7. The van der Waals surface area contributed by atoms with Gasteiger partial charge in [-0.15, -0.1) is 0 Å². The van der Waals surface area contributed by atoms with Crippen LogP contribution in [-0.2, 0) is 0 Å². The maximum atomic E-state index is 13.3. The first-order chi connectivity index (χ1) is 16.0. The van der Waals surface area contributed by atoms with Crippen LogP contribution >= 0.6 is 31.9 Å². The molecule has 0 radical (unpaired) electrons. The van der Waals surface area contributed by atoms with E-state index in [4.69, 9.17) is 19.7 Å². The number of hydrogen-bond donors (Lipinski definition) is 0. The van der Waals surface area contributed by atoms with Crippen LogP contribution in [0.2, 0.25) is 0 Å². The van der Waals surface area contributed by atoms with Crippen LogP contribution in [0.5, 0.6) is 11.5 Å². The van der Waals surface area contributed by atoms with Gasteiger partial charge in [0.1, 0.15) is 6.07 Å². The largest absolute Gasteiger partial charge is 0.493 e. The van der Waals surface area contributed by atoms with Crippen molar-refractivity contribution < 1.29 is 9.47 Å². The predicted octanol–water partition coefficient (Wildman–Crippen LogP) is 5.38. The molecule has 4 aromatic rings. The lowest BCUT2D eigenvalue weighted by molar-refractivity contribution is 0.327. The van der Waals surface area contributed by atoms with Crippen molar-refractivity contribution >= 4 is 49.0 Å². The van der Waals surface area contributed by atoms with Crippen LogP contribution in [-0.4, -0.2) is 29.6 Å². The van der Waals surface area contributed by atoms with Gasteiger partial charge in [-0.25, -0.2) is 4.98 Å². The Hall–Kier alpha value is -3.48. The van der Waals surface area contributed by atoms with Crippen LogP contribution in [0, 0.1) is 11.3 Å². The summed E-state index contributed by atoms with van der Waals surface area (Å²) >= 11 is 7.00. The number of fused-ring (bicyclic) bond motifs is 1. The van der Waals surface area contributed by atoms with Crippen molar-refractivity contribution in [1.82, 2.24) is 9.66 Å². The molecule has 1 aromatic heterocycles. The summed E-state index contributed by atoms with van der Waals surface area (Å²) in [5.74, 6) is 1.22. The van der Waals surface area contributed by atoms with Gasteiger partial charge in [0.05, 0.1) is 28.7 Å². The van der Waals surface area contributed by atoms with Crippen LogP contribution in [0.1, 0.15) is 5.56 Å². The number of halogens is 2. The average Bonchev–Trinajstić information content (AvgIpc) is 2.85. The Balaban J connectivity index is 1.88. The summed E-state index contributed by atoms with van der Waals surface area (Å²) in [7, 11) is 1.50. The second-order valence-corrected chi connectivity index (χ2v) is 8.34. The van der Waals surface area contributed by atoms with E-state index in [1.54, 1.807) is 24.3 Å². The van der Waals surface area contributed by atoms with E-state index in [0.717, 1.165) is 5.56 Å². The number of aromatic nitrogens is 2. The minimum atomic E-state index is -0.285. The molecular formula is C24H16Br2N4O3. The number of ether oxygens (including phenoxy) is 2. The molecule has 9 heteroatoms. The molecule has 0 bridgehead atoms. The van der Waals surface area contributed by atoms with Gasteiger partial charge >= 0.3 is 0 Å². The highest BCUT2D eigenvalue weighted by Crippen LogP contribution is 2.42. The molecular weight excluding hydrogens is 552 g/mol. The first-order valence-corrected chi connectivity index (χ1v) is 11.3. The van der Waals surface area contributed by atoms with E-state index in [-0.39, 0.29) is 12.2 Å². The van der Waals surface area contributed by atoms with Gasteiger partial charge in [-0.1, -0.05) is 42.5 Å². The van der Waals surface area contributed by atoms with Gasteiger partial charge in [0, 0.05) is 15.6 Å². The molecule has 0 unspecified atom stereocenters. The molecule has 0 spiro atoms. The van der Waals surface area contributed by atoms with Crippen molar-refractivity contribution in [1.29, 1.82) is 5.26 Å². The molecule has 0 amide bonds. The van der Waals surface area contributed by atoms with Crippen molar-refractivity contribution in [2.45, 2.75) is 0 Å². The maximum absolute atomic E-state index is 13.3. The number of methoxy groups -OCH3 is 1. The fraction of sp³-hybridized carbons (Fsp3) is 0.0833. The zero-order valence-corrected chi connectivity index (χ0v) is 20.5. The number of nitrogens with zero attached hydrogens (tertiary/aromatic N) is 4. The van der Waals surface area contributed by atoms with Crippen molar-refractivity contribution in [2.75, 3.05) is 13.7 Å². The van der Waals surface area contributed by atoms with Gasteiger partial charge in [-0.3, -0.25) is 4.79 Å². The Kier molecular flexibility index (Phi) is 6.87. The predicted molar refractivity (Wildman–Crippen MR) is 134 cm³/mol. The van der Waals surface area contributed by atoms with Crippen molar-refractivity contribution in [2.24, 2.45) is 5.10 Å². The summed E-state index contributed by atoms with van der Waals surface area (Å²) < 4.78 is 13.4. The quantitative estimate of drug-likeness (QED) is 0.292. The third-order valence-corrected chi connectivity index (χ3v) is 6.90. The van der Waals surface area contributed by atoms with E-state index in [0.29, 0.717) is 42.7 Å². The smallest absolute Gasteiger partial charge is 0.282 e. The zero-order chi connectivity index (χ0) is 23.4. The SMILES string of the molecule is COc1cc(C=Nn2c(-c3ccccc3)nc3ccccc3c2=O)c(Br)c(Br)c1OCC#N. The molecule has 164 valence electrons. The van der Waals surface area contributed by atoms with Gasteiger partial charge in [0.15, 0.2) is 23.9 Å². The highest BCUT2D eigenvalue weighted by atomic mass is 79.9. The average molecular weight is 568 g/mol. The molecule has 0 aliphatic carbocycles. The van der Waals surface area contributed by atoms with Crippen molar-refractivity contribution in [3.8, 4) is 29.0 Å². The molecule has 7 nitrogen and oxygen atoms in total. The van der Waals surface area contributed by atoms with E-state index >= 15 is 0 Å². The standard InChI is InChI=1S/C24H16Br2N4O3/c1-32-19-13-16(20(25)21(26)22(19)33-12-11-27)14-28-30-23(15-7-3-2-4-8-15)29-18-10-6-5-9-17(18)24(30)31/h2-10,13-14H,12H2,1H3. The first-order valence-electron chi connectivity index (χ1n) is 9.72. The number of benzene rings is 3. The third kappa shape index (κ3) is 4.53. The van der Waals surface area contributed by atoms with Gasteiger partial charge < -0.3 is 9.47 Å². The lowest BCUT2D eigenvalue weighted by Gasteiger charge is -2.14. The van der Waals surface area contributed by atoms with Crippen molar-refractivity contribution in [3.05, 3.63) is 85.5 Å². The van der Waals surface area contributed by atoms with E-state index < -0.39 is 0 Å². The Morgan fingerprint density at radius 1 is 1.12 bits per heavy atom. The highest BCUT2D eigenvalue weighted by Gasteiger charge is 2.17. The molecule has 0 fully saturated rings. The van der Waals surface area contributed by atoms with Gasteiger partial charge in [0.2, 0.25) is 0 Å². The molecule has 0 aliphatic rings. The minimum absolute atomic E-state index is 0.132. The van der Waals surface area contributed by atoms with Crippen LogP contribution in [0.15, 0.2) is 79.5 Å². The van der Waals surface area contributed by atoms with E-state index in [1.165, 1.54) is 18.0 Å². The third-order valence-electron chi connectivity index (χ3n) is 4.75. The number of nitriles is 1. The van der Waals surface area contributed by atoms with Crippen molar-refractivity contribution in [3.63, 3.8) is 0 Å². The topological polar surface area (TPSA) is 89.5 Å². The second-order valence-electron chi connectivity index (χ2n) is 6.75. The Labute approximate surface area is 206 Å². The number of rotatable bonds is 6. The van der Waals surface area contributed by atoms with Gasteiger partial charge in [0.25, 0.3) is 5.56 Å². The van der Waals surface area contributed by atoms with E-state index in [9.17, 15) is 4.79 Å². The van der Waals surface area contributed by atoms with E-state index in [1.807, 2.05) is 42.5 Å². The fourth-order valence-electron chi connectivity index (χ4n) is 3.21. The maximum Gasteiger partial charge on any atom is 0.282 e. The summed E-state index contributed by atoms with van der Waals surface area (Å²) in [6, 6.07) is 20.2. The van der Waals surface area contributed by atoms with E-state index in [2.05, 4.69) is 37.0 Å².